The van der Waals surface area contributed by atoms with E-state index in [4.69, 9.17) is 0 Å². The van der Waals surface area contributed by atoms with E-state index in [-0.39, 0.29) is 11.6 Å². The molecule has 0 aromatic carbocycles. The van der Waals surface area contributed by atoms with E-state index in [0.29, 0.717) is 13.1 Å². The molecule has 21 heavy (non-hydrogen) atoms. The van der Waals surface area contributed by atoms with Crippen LogP contribution < -0.4 is 10.6 Å². The molecular formula is C14H21F3N4. The average Bonchev–Trinajstić information content (AvgIpc) is 2.91. The zero-order valence-electron chi connectivity index (χ0n) is 12.1. The van der Waals surface area contributed by atoms with Crippen LogP contribution in [0.5, 0.6) is 0 Å². The van der Waals surface area contributed by atoms with Crippen molar-refractivity contribution in [2.24, 2.45) is 0 Å². The number of nitrogens with one attached hydrogen (secondary N) is 2. The number of halogens is 3. The highest BCUT2D eigenvalue weighted by molar-refractivity contribution is 5.49. The summed E-state index contributed by atoms with van der Waals surface area (Å²) in [5, 5.41) is 5.82. The van der Waals surface area contributed by atoms with Gasteiger partial charge in [0, 0.05) is 19.6 Å². The number of likely N-dealkylation sites (tertiary alicyclic amines) is 1. The molecule has 0 radical (unpaired) electrons. The molecule has 0 bridgehead atoms. The number of hydrogen-bond donors (Lipinski definition) is 2. The maximum absolute atomic E-state index is 12.9. The van der Waals surface area contributed by atoms with Crippen LogP contribution in [-0.2, 0) is 6.18 Å². The molecule has 0 amide bonds. The fourth-order valence-electron chi connectivity index (χ4n) is 2.40. The van der Waals surface area contributed by atoms with Gasteiger partial charge in [-0.15, -0.1) is 0 Å². The Morgan fingerprint density at radius 1 is 1.14 bits per heavy atom. The monoisotopic (exact) mass is 302 g/mol. The normalized spacial score (nSPS) is 16.2. The lowest BCUT2D eigenvalue weighted by molar-refractivity contribution is -0.137. The Morgan fingerprint density at radius 2 is 1.76 bits per heavy atom. The van der Waals surface area contributed by atoms with E-state index in [2.05, 4.69) is 20.5 Å². The Hall–Kier alpha value is -1.50. The first-order valence-corrected chi connectivity index (χ1v) is 7.28. The van der Waals surface area contributed by atoms with Gasteiger partial charge in [-0.1, -0.05) is 0 Å². The smallest absolute Gasteiger partial charge is 0.370 e. The zero-order valence-corrected chi connectivity index (χ0v) is 12.1. The third-order valence-corrected chi connectivity index (χ3v) is 3.44. The van der Waals surface area contributed by atoms with Gasteiger partial charge < -0.3 is 15.5 Å². The second kappa shape index (κ2) is 6.98. The molecule has 1 aliphatic heterocycles. The molecule has 1 saturated heterocycles. The van der Waals surface area contributed by atoms with Crippen LogP contribution in [0.1, 0.15) is 25.3 Å². The average molecular weight is 302 g/mol. The van der Waals surface area contributed by atoms with E-state index < -0.39 is 11.7 Å². The van der Waals surface area contributed by atoms with Crippen LogP contribution >= 0.6 is 0 Å². The molecule has 0 atom stereocenters. The number of anilines is 2. The van der Waals surface area contributed by atoms with Crippen molar-refractivity contribution in [3.8, 4) is 0 Å². The van der Waals surface area contributed by atoms with Crippen molar-refractivity contribution in [1.29, 1.82) is 0 Å². The van der Waals surface area contributed by atoms with E-state index >= 15 is 0 Å². The second-order valence-corrected chi connectivity index (χ2v) is 5.13. The summed E-state index contributed by atoms with van der Waals surface area (Å²) in [5.41, 5.74) is -0.683. The predicted octanol–water partition coefficient (Wildman–Crippen LogP) is 3.04. The van der Waals surface area contributed by atoms with Crippen molar-refractivity contribution >= 4 is 11.6 Å². The minimum atomic E-state index is -4.36. The predicted molar refractivity (Wildman–Crippen MR) is 77.6 cm³/mol. The Kier molecular flexibility index (Phi) is 5.27. The van der Waals surface area contributed by atoms with Gasteiger partial charge in [0.05, 0.1) is 5.56 Å². The van der Waals surface area contributed by atoms with Gasteiger partial charge >= 0.3 is 6.18 Å². The minimum Gasteiger partial charge on any atom is -0.370 e. The first-order valence-electron chi connectivity index (χ1n) is 7.28. The van der Waals surface area contributed by atoms with E-state index in [0.717, 1.165) is 31.8 Å². The van der Waals surface area contributed by atoms with E-state index in [1.165, 1.54) is 12.8 Å². The van der Waals surface area contributed by atoms with Gasteiger partial charge in [0.1, 0.15) is 11.6 Å². The maximum Gasteiger partial charge on any atom is 0.416 e. The number of aromatic nitrogens is 1. The van der Waals surface area contributed by atoms with Crippen LogP contribution in [-0.4, -0.2) is 42.6 Å². The van der Waals surface area contributed by atoms with E-state index in [1.54, 1.807) is 0 Å². The Bertz CT molecular complexity index is 456. The molecule has 1 aromatic heterocycles. The summed E-state index contributed by atoms with van der Waals surface area (Å²) in [6.07, 6.45) is -1.96. The number of alkyl halides is 3. The zero-order chi connectivity index (χ0) is 15.3. The third-order valence-electron chi connectivity index (χ3n) is 3.44. The van der Waals surface area contributed by atoms with Gasteiger partial charge in [0.25, 0.3) is 0 Å². The van der Waals surface area contributed by atoms with Crippen LogP contribution in [0.3, 0.4) is 0 Å². The van der Waals surface area contributed by atoms with Gasteiger partial charge in [0.2, 0.25) is 0 Å². The first-order chi connectivity index (χ1) is 9.99. The van der Waals surface area contributed by atoms with Gasteiger partial charge in [-0.05, 0) is 45.0 Å². The lowest BCUT2D eigenvalue weighted by Crippen LogP contribution is -2.26. The fraction of sp³-hybridized carbons (Fsp3) is 0.643. The van der Waals surface area contributed by atoms with Crippen molar-refractivity contribution in [2.75, 3.05) is 43.4 Å². The number of rotatable bonds is 6. The van der Waals surface area contributed by atoms with Crippen LogP contribution in [0, 0.1) is 0 Å². The maximum atomic E-state index is 12.9. The largest absolute Gasteiger partial charge is 0.416 e. The summed E-state index contributed by atoms with van der Waals surface area (Å²) in [4.78, 5) is 6.46. The third kappa shape index (κ3) is 4.77. The van der Waals surface area contributed by atoms with Crippen LogP contribution in [0.2, 0.25) is 0 Å². The minimum absolute atomic E-state index is 0.246. The Labute approximate surface area is 122 Å². The summed E-state index contributed by atoms with van der Waals surface area (Å²) in [6.45, 7) is 5.92. The summed E-state index contributed by atoms with van der Waals surface area (Å²) in [7, 11) is 0. The number of hydrogen-bond acceptors (Lipinski definition) is 4. The molecule has 118 valence electrons. The van der Waals surface area contributed by atoms with Crippen LogP contribution in [0.4, 0.5) is 24.8 Å². The molecule has 2 heterocycles. The number of nitrogens with zero attached hydrogens (tertiary/aromatic N) is 2. The van der Waals surface area contributed by atoms with Crippen molar-refractivity contribution in [1.82, 2.24) is 9.88 Å². The highest BCUT2D eigenvalue weighted by atomic mass is 19.4. The summed E-state index contributed by atoms with van der Waals surface area (Å²) >= 11 is 0. The molecule has 7 heteroatoms. The molecule has 0 aliphatic carbocycles. The molecule has 2 N–H and O–H groups in total. The Morgan fingerprint density at radius 3 is 2.33 bits per heavy atom. The van der Waals surface area contributed by atoms with Crippen LogP contribution in [0.15, 0.2) is 12.1 Å². The fourth-order valence-corrected chi connectivity index (χ4v) is 2.40. The van der Waals surface area contributed by atoms with Crippen molar-refractivity contribution < 1.29 is 13.2 Å². The van der Waals surface area contributed by atoms with Crippen LogP contribution in [0.25, 0.3) is 0 Å². The lowest BCUT2D eigenvalue weighted by atomic mass is 10.2. The molecule has 1 fully saturated rings. The van der Waals surface area contributed by atoms with Gasteiger partial charge in [0.15, 0.2) is 0 Å². The molecule has 0 unspecified atom stereocenters. The van der Waals surface area contributed by atoms with Crippen molar-refractivity contribution in [3.05, 3.63) is 17.7 Å². The van der Waals surface area contributed by atoms with E-state index in [1.807, 2.05) is 6.92 Å². The topological polar surface area (TPSA) is 40.2 Å². The molecule has 2 rings (SSSR count). The van der Waals surface area contributed by atoms with Crippen molar-refractivity contribution in [2.45, 2.75) is 25.9 Å². The Balaban J connectivity index is 2.00. The van der Waals surface area contributed by atoms with Gasteiger partial charge in [-0.2, -0.15) is 13.2 Å². The molecular weight excluding hydrogens is 281 g/mol. The first kappa shape index (κ1) is 15.9. The van der Waals surface area contributed by atoms with Gasteiger partial charge in [-0.25, -0.2) is 4.98 Å². The summed E-state index contributed by atoms with van der Waals surface area (Å²) < 4.78 is 38.6. The van der Waals surface area contributed by atoms with E-state index in [9.17, 15) is 13.2 Å². The quantitative estimate of drug-likeness (QED) is 0.847. The molecule has 0 saturated carbocycles. The highest BCUT2D eigenvalue weighted by Crippen LogP contribution is 2.32. The highest BCUT2D eigenvalue weighted by Gasteiger charge is 2.31. The molecule has 1 aromatic rings. The molecule has 0 spiro atoms. The molecule has 1 aliphatic rings. The lowest BCUT2D eigenvalue weighted by Gasteiger charge is -2.16. The SMILES string of the molecule is CCNc1cc(C(F)(F)F)cc(NCCN2CCCC2)n1. The van der Waals surface area contributed by atoms with Gasteiger partial charge in [-0.3, -0.25) is 0 Å². The second-order valence-electron chi connectivity index (χ2n) is 5.13. The molecule has 4 nitrogen and oxygen atoms in total. The summed E-state index contributed by atoms with van der Waals surface area (Å²) in [5.74, 6) is 0.510. The standard InChI is InChI=1S/C14H21F3N4/c1-2-18-12-9-11(14(15,16)17)10-13(20-12)19-5-8-21-6-3-4-7-21/h9-10H,2-8H2,1H3,(H2,18,19,20). The van der Waals surface area contributed by atoms with Crippen molar-refractivity contribution in [3.63, 3.8) is 0 Å². The number of pyridine rings is 1. The summed E-state index contributed by atoms with van der Waals surface area (Å²) in [6, 6.07) is 2.10.